The van der Waals surface area contributed by atoms with E-state index in [9.17, 15) is 141 Å². The Morgan fingerprint density at radius 2 is 0.918 bits per heavy atom. The Morgan fingerprint density at radius 3 is 1.31 bits per heavy atom. The highest BCUT2D eigenvalue weighted by Gasteiger charge is 2.64. The third-order valence-electron chi connectivity index (χ3n) is 14.7. The van der Waals surface area contributed by atoms with Crippen LogP contribution in [0.15, 0.2) is 0 Å². The molecule has 5 fully saturated rings. The monoisotopic (exact) mass is 1250 g/mol. The van der Waals surface area contributed by atoms with Gasteiger partial charge in [-0.15, -0.1) is 0 Å². The molecule has 28 atom stereocenters. The maximum atomic E-state index is 13.5. The first kappa shape index (κ1) is 71.5. The summed E-state index contributed by atoms with van der Waals surface area (Å²) in [6, 6.07) is -6.20. The van der Waals surface area contributed by atoms with Crippen LogP contribution in [-0.2, 0) is 71.4 Å². The maximum absolute atomic E-state index is 13.5. The van der Waals surface area contributed by atoms with Gasteiger partial charge >= 0.3 is 17.9 Å². The fourth-order valence-corrected chi connectivity index (χ4v) is 10.3. The molecule has 5 aliphatic heterocycles. The van der Waals surface area contributed by atoms with Gasteiger partial charge in [-0.05, 0) is 0 Å². The van der Waals surface area contributed by atoms with Crippen molar-refractivity contribution < 1.29 is 184 Å². The molecule has 5 saturated heterocycles. The summed E-state index contributed by atoms with van der Waals surface area (Å²) in [4.78, 5) is 77.4. The molecule has 0 saturated carbocycles. The van der Waals surface area contributed by atoms with Crippen molar-refractivity contribution in [3.63, 3.8) is 0 Å². The second-order valence-electron chi connectivity index (χ2n) is 20.5. The molecule has 3 amide bonds. The molecular formula is C45H73N3O37. The van der Waals surface area contributed by atoms with E-state index in [0.29, 0.717) is 0 Å². The summed E-state index contributed by atoms with van der Waals surface area (Å²) in [6.07, 6.45) is -55.7. The number of aliphatic hydroxyl groups is 19. The van der Waals surface area contributed by atoms with Crippen molar-refractivity contribution >= 4 is 35.6 Å². The van der Waals surface area contributed by atoms with Crippen LogP contribution in [-0.4, -0.2) is 364 Å². The predicted octanol–water partition coefficient (Wildman–Crippen LogP) is -15.9. The first-order valence-electron chi connectivity index (χ1n) is 25.8. The van der Waals surface area contributed by atoms with Gasteiger partial charge in [-0.2, -0.15) is 0 Å². The number of ether oxygens (including phenoxy) is 9. The van der Waals surface area contributed by atoms with E-state index in [1.807, 2.05) is 10.6 Å². The normalized spacial score (nSPS) is 41.0. The number of carbonyl (C=O) groups excluding carboxylic acids is 3. The quantitative estimate of drug-likeness (QED) is 0.0363. The average Bonchev–Trinajstić information content (AvgIpc) is 3.48. The summed E-state index contributed by atoms with van der Waals surface area (Å²) >= 11 is 0. The van der Waals surface area contributed by atoms with Crippen molar-refractivity contribution in [2.24, 2.45) is 0 Å². The summed E-state index contributed by atoms with van der Waals surface area (Å²) in [6.45, 7) is -8.63. The highest BCUT2D eigenvalue weighted by molar-refractivity contribution is 5.79. The van der Waals surface area contributed by atoms with E-state index in [-0.39, 0.29) is 0 Å². The standard InChI is InChI=1S/C45H73N3O37/c1-12(56)46-23-13(57)2-43(40(71)72,82-34(23)26(63)16(60)5-49)80-18(7-51)28(65)35-24(47-21(61)10-54)14(58)3-44(83-35,41(73)74)81-19(8-52)29(66)36-25(48-22(62)11-55)15(59)4-45(84-36,42(75)76)85-37-27(64)17(6-50)78-39(32(37)69)79-33-20(9-53)77-38(70)31(68)30(33)67/h13-20,23-39,49-55,57-60,63-70H,2-11H2,1H3,(H,46,56)(H,47,61)(H,48,62)(H,71,72)(H,73,74)(H,75,76)/t13-,14-,15-,16+,17+,18+,19+,20+,23+,24+,25+,26+,27-,28+,29+,30+,31+,32+,33+,34+,35+,36+,37-,38+,39-,43+,44+,45-/m0/s1. The lowest BCUT2D eigenvalue weighted by Gasteiger charge is -2.51. The number of hydrogen-bond acceptors (Lipinski definition) is 34. The minimum Gasteiger partial charge on any atom is -0.477 e. The van der Waals surface area contributed by atoms with Crippen LogP contribution in [0.25, 0.3) is 0 Å². The van der Waals surface area contributed by atoms with Gasteiger partial charge in [-0.25, -0.2) is 14.4 Å². The molecule has 0 bridgehead atoms. The first-order valence-corrected chi connectivity index (χ1v) is 25.8. The Kier molecular flexibility index (Phi) is 25.1. The maximum Gasteiger partial charge on any atom is 0.364 e. The van der Waals surface area contributed by atoms with E-state index in [4.69, 9.17) is 42.6 Å². The molecule has 0 aromatic heterocycles. The van der Waals surface area contributed by atoms with Crippen molar-refractivity contribution in [3.05, 3.63) is 0 Å². The molecule has 0 spiro atoms. The molecular weight excluding hydrogens is 1170 g/mol. The number of rotatable bonds is 27. The van der Waals surface area contributed by atoms with Crippen molar-refractivity contribution in [2.75, 3.05) is 46.2 Å². The van der Waals surface area contributed by atoms with E-state index in [2.05, 4.69) is 5.32 Å². The molecule has 0 radical (unpaired) electrons. The van der Waals surface area contributed by atoms with Gasteiger partial charge < -0.3 is 171 Å². The summed E-state index contributed by atoms with van der Waals surface area (Å²) < 4.78 is 49.7. The van der Waals surface area contributed by atoms with E-state index in [1.54, 1.807) is 0 Å². The van der Waals surface area contributed by atoms with Gasteiger partial charge in [0.05, 0.1) is 69.5 Å². The molecule has 0 aromatic rings. The third kappa shape index (κ3) is 15.4. The van der Waals surface area contributed by atoms with Gasteiger partial charge in [-0.1, -0.05) is 0 Å². The van der Waals surface area contributed by atoms with Crippen LogP contribution in [0, 0.1) is 0 Å². The van der Waals surface area contributed by atoms with E-state index >= 15 is 0 Å². The zero-order valence-corrected chi connectivity index (χ0v) is 44.5. The summed E-state index contributed by atoms with van der Waals surface area (Å²) in [5.74, 6) is -21.2. The molecule has 5 rings (SSSR count). The minimum atomic E-state index is -3.65. The number of carboxylic acids is 3. The molecule has 5 aliphatic rings. The van der Waals surface area contributed by atoms with Gasteiger partial charge in [0.25, 0.3) is 17.4 Å². The van der Waals surface area contributed by atoms with E-state index in [1.165, 1.54) is 0 Å². The molecule has 40 nitrogen and oxygen atoms in total. The molecule has 0 unspecified atom stereocenters. The Morgan fingerprint density at radius 1 is 0.506 bits per heavy atom. The number of hydrogen-bond donors (Lipinski definition) is 25. The number of aliphatic carboxylic acids is 3. The number of aliphatic hydroxyl groups excluding tert-OH is 19. The van der Waals surface area contributed by atoms with Gasteiger partial charge in [0.15, 0.2) is 12.6 Å². The molecule has 40 heteroatoms. The number of nitrogens with one attached hydrogen (secondary N) is 3. The molecule has 85 heavy (non-hydrogen) atoms. The van der Waals surface area contributed by atoms with Crippen molar-refractivity contribution in [1.82, 2.24) is 16.0 Å². The SMILES string of the molecule is CC(=O)N[C@H]1[C@H]([C@H](O)[C@H](O)CO)O[C@@](O[C@H](CO)[C@@H](O)[C@@H]2O[C@@](O[C@H](CO)[C@@H](O)[C@@H]3O[C@@](O[C@H]4[C@@H](O)[C@@H](CO)O[C@@H](O[C@H]5[C@H](O)[C@@H](O)[C@H](O)O[C@@H]5CO)[C@@H]4O)(C(=O)O)C[C@H](O)[C@H]3NC(=O)CO)(C(=O)O)C[C@H](O)[C@H]2NC(=O)CO)(C(=O)O)C[C@@H]1O. The predicted molar refractivity (Wildman–Crippen MR) is 256 cm³/mol. The van der Waals surface area contributed by atoms with Crippen LogP contribution in [0.4, 0.5) is 0 Å². The van der Waals surface area contributed by atoms with Gasteiger partial charge in [0, 0.05) is 26.2 Å². The fourth-order valence-electron chi connectivity index (χ4n) is 10.3. The fraction of sp³-hybridized carbons (Fsp3) is 0.867. The third-order valence-corrected chi connectivity index (χ3v) is 14.7. The average molecular weight is 1250 g/mol. The smallest absolute Gasteiger partial charge is 0.364 e. The van der Waals surface area contributed by atoms with Crippen molar-refractivity contribution in [3.8, 4) is 0 Å². The van der Waals surface area contributed by atoms with Crippen LogP contribution in [0.1, 0.15) is 26.2 Å². The molecule has 0 aromatic carbocycles. The summed E-state index contributed by atoms with van der Waals surface area (Å²) in [5.41, 5.74) is 0. The largest absolute Gasteiger partial charge is 0.477 e. The molecule has 0 aliphatic carbocycles. The van der Waals surface area contributed by atoms with Crippen LogP contribution in [0.2, 0.25) is 0 Å². The number of carboxylic acid groups (broad SMARTS) is 3. The summed E-state index contributed by atoms with van der Waals surface area (Å²) in [7, 11) is 0. The Bertz CT molecular complexity index is 2260. The summed E-state index contributed by atoms with van der Waals surface area (Å²) in [5, 5.41) is 242. The molecule has 490 valence electrons. The number of amides is 3. The van der Waals surface area contributed by atoms with E-state index in [0.717, 1.165) is 6.92 Å². The van der Waals surface area contributed by atoms with Gasteiger partial charge in [-0.3, -0.25) is 14.4 Å². The lowest BCUT2D eigenvalue weighted by atomic mass is 9.86. The van der Waals surface area contributed by atoms with Crippen molar-refractivity contribution in [1.29, 1.82) is 0 Å². The van der Waals surface area contributed by atoms with Gasteiger partial charge in [0.1, 0.15) is 117 Å². The second kappa shape index (κ2) is 29.8. The van der Waals surface area contributed by atoms with Gasteiger partial charge in [0.2, 0.25) is 17.7 Å². The Hall–Kier alpha value is -4.30. The Labute approximate surface area is 477 Å². The van der Waals surface area contributed by atoms with Crippen molar-refractivity contribution in [2.45, 2.75) is 196 Å². The highest BCUT2D eigenvalue weighted by Crippen LogP contribution is 2.42. The zero-order chi connectivity index (χ0) is 64.0. The van der Waals surface area contributed by atoms with Crippen LogP contribution >= 0.6 is 0 Å². The van der Waals surface area contributed by atoms with Crippen LogP contribution in [0.5, 0.6) is 0 Å². The highest BCUT2D eigenvalue weighted by atomic mass is 16.8. The lowest BCUT2D eigenvalue weighted by Crippen LogP contribution is -2.72. The van der Waals surface area contributed by atoms with Crippen LogP contribution in [0.3, 0.4) is 0 Å². The molecule has 25 N–H and O–H groups in total. The zero-order valence-electron chi connectivity index (χ0n) is 44.5. The topological polar surface area (TPSA) is 667 Å². The number of carbonyl (C=O) groups is 6. The lowest BCUT2D eigenvalue weighted by molar-refractivity contribution is -0.387. The minimum absolute atomic E-state index is 0.912. The Balaban J connectivity index is 1.54. The second-order valence-corrected chi connectivity index (χ2v) is 20.5. The first-order chi connectivity index (χ1) is 39.8. The van der Waals surface area contributed by atoms with Crippen LogP contribution < -0.4 is 16.0 Å². The molecule has 5 heterocycles. The van der Waals surface area contributed by atoms with E-state index < -0.39 is 271 Å².